The molecule has 4 atom stereocenters. The number of carbonyl (C=O) groups excluding carboxylic acids is 2. The molecular weight excluding hydrogens is 332 g/mol. The van der Waals surface area contributed by atoms with E-state index in [0.29, 0.717) is 25.8 Å². The highest BCUT2D eigenvalue weighted by molar-refractivity contribution is 5.98. The molecule has 1 aromatic carbocycles. The Balaban J connectivity index is 1.80. The molecule has 6 nitrogen and oxygen atoms in total. The Labute approximate surface area is 152 Å². The number of amides is 1. The summed E-state index contributed by atoms with van der Waals surface area (Å²) in [6.45, 7) is 4.69. The van der Waals surface area contributed by atoms with E-state index in [-0.39, 0.29) is 11.5 Å². The van der Waals surface area contributed by atoms with E-state index < -0.39 is 23.2 Å². The number of hydrogen-bond acceptors (Lipinski definition) is 5. The highest BCUT2D eigenvalue weighted by Crippen LogP contribution is 2.67. The summed E-state index contributed by atoms with van der Waals surface area (Å²) < 4.78 is 11.3. The number of fused-ring (bicyclic) bond motifs is 4. The van der Waals surface area contributed by atoms with Crippen LogP contribution in [0.4, 0.5) is 10.5 Å². The number of carbonyl (C=O) groups is 2. The summed E-state index contributed by atoms with van der Waals surface area (Å²) in [6, 6.07) is 7.75. The van der Waals surface area contributed by atoms with E-state index >= 15 is 0 Å². The van der Waals surface area contributed by atoms with Crippen LogP contribution >= 0.6 is 0 Å². The van der Waals surface area contributed by atoms with E-state index in [9.17, 15) is 9.59 Å². The number of rotatable bonds is 1. The summed E-state index contributed by atoms with van der Waals surface area (Å²) in [4.78, 5) is 27.6. The van der Waals surface area contributed by atoms with Crippen molar-refractivity contribution in [1.29, 1.82) is 0 Å². The maximum absolute atomic E-state index is 13.0. The summed E-state index contributed by atoms with van der Waals surface area (Å²) >= 11 is 0. The molecule has 1 N–H and O–H groups in total. The minimum atomic E-state index is -0.819. The topological polar surface area (TPSA) is 67.9 Å². The Kier molecular flexibility index (Phi) is 2.98. The lowest BCUT2D eigenvalue weighted by molar-refractivity contribution is -0.152. The van der Waals surface area contributed by atoms with Gasteiger partial charge in [0.2, 0.25) is 0 Å². The number of anilines is 1. The van der Waals surface area contributed by atoms with Crippen LogP contribution in [0.25, 0.3) is 0 Å². The average molecular weight is 354 g/mol. The third-order valence-electron chi connectivity index (χ3n) is 7.04. The van der Waals surface area contributed by atoms with Crippen LogP contribution in [0.3, 0.4) is 0 Å². The number of para-hydroxylation sites is 1. The Morgan fingerprint density at radius 3 is 2.96 bits per heavy atom. The van der Waals surface area contributed by atoms with Crippen molar-refractivity contribution in [2.24, 2.45) is 5.92 Å². The van der Waals surface area contributed by atoms with Gasteiger partial charge in [0.1, 0.15) is 5.54 Å². The Bertz CT molecular complexity index is 839. The first-order valence-corrected chi connectivity index (χ1v) is 9.13. The quantitative estimate of drug-likeness (QED) is 0.620. The van der Waals surface area contributed by atoms with Gasteiger partial charge in [-0.05, 0) is 25.3 Å². The first-order chi connectivity index (χ1) is 12.5. The monoisotopic (exact) mass is 354 g/mol. The molecule has 1 aromatic rings. The molecule has 1 saturated carbocycles. The molecule has 4 aliphatic heterocycles. The van der Waals surface area contributed by atoms with Crippen molar-refractivity contribution in [2.75, 3.05) is 18.6 Å². The van der Waals surface area contributed by atoms with Gasteiger partial charge in [0.25, 0.3) is 0 Å². The summed E-state index contributed by atoms with van der Waals surface area (Å²) in [5, 5.41) is 3.60. The van der Waals surface area contributed by atoms with Crippen LogP contribution in [0.2, 0.25) is 0 Å². The van der Waals surface area contributed by atoms with E-state index in [0.717, 1.165) is 17.7 Å². The molecule has 4 bridgehead atoms. The maximum Gasteiger partial charge on any atom is 0.414 e. The Morgan fingerprint density at radius 2 is 2.19 bits per heavy atom. The molecule has 0 unspecified atom stereocenters. The van der Waals surface area contributed by atoms with Crippen LogP contribution in [0, 0.1) is 5.92 Å². The fraction of sp³-hybridized carbons (Fsp3) is 0.500. The van der Waals surface area contributed by atoms with Crippen LogP contribution in [-0.4, -0.2) is 36.8 Å². The van der Waals surface area contributed by atoms with Gasteiger partial charge in [-0.3, -0.25) is 9.69 Å². The standard InChI is InChI=1S/C20H22N2O4/c1-3-18-8-9-19-14(12-18)16(23)26-20(19,10-11-21-18)13-6-4-5-7-15(13)22(19)17(24)25-2/h3-7,14,21H,1,8-12H2,2H3/t14-,18+,19+,20+/m0/s1. The van der Waals surface area contributed by atoms with Crippen molar-refractivity contribution >= 4 is 17.7 Å². The molecule has 4 heterocycles. The molecule has 6 rings (SSSR count). The molecule has 136 valence electrons. The predicted molar refractivity (Wildman–Crippen MR) is 94.7 cm³/mol. The molecule has 4 fully saturated rings. The number of ether oxygens (including phenoxy) is 2. The smallest absolute Gasteiger partial charge is 0.414 e. The number of benzene rings is 1. The van der Waals surface area contributed by atoms with Crippen molar-refractivity contribution in [3.8, 4) is 0 Å². The van der Waals surface area contributed by atoms with Crippen molar-refractivity contribution < 1.29 is 19.1 Å². The third kappa shape index (κ3) is 1.53. The largest absolute Gasteiger partial charge is 0.452 e. The van der Waals surface area contributed by atoms with Crippen molar-refractivity contribution in [1.82, 2.24) is 5.32 Å². The van der Waals surface area contributed by atoms with Gasteiger partial charge in [-0.25, -0.2) is 4.79 Å². The molecule has 1 amide bonds. The second-order valence-corrected chi connectivity index (χ2v) is 7.79. The van der Waals surface area contributed by atoms with Crippen LogP contribution in [0.15, 0.2) is 36.9 Å². The molecule has 3 saturated heterocycles. The maximum atomic E-state index is 13.0. The summed E-state index contributed by atoms with van der Waals surface area (Å²) in [5.74, 6) is -0.628. The molecular formula is C20H22N2O4. The minimum Gasteiger partial charge on any atom is -0.452 e. The summed E-state index contributed by atoms with van der Waals surface area (Å²) in [5.41, 5.74) is -0.126. The van der Waals surface area contributed by atoms with Gasteiger partial charge in [-0.2, -0.15) is 0 Å². The second kappa shape index (κ2) is 4.88. The highest BCUT2D eigenvalue weighted by Gasteiger charge is 2.77. The van der Waals surface area contributed by atoms with E-state index in [1.807, 2.05) is 30.3 Å². The zero-order valence-corrected chi connectivity index (χ0v) is 14.8. The van der Waals surface area contributed by atoms with E-state index in [1.54, 1.807) is 4.90 Å². The van der Waals surface area contributed by atoms with Crippen LogP contribution in [0.1, 0.15) is 31.2 Å². The van der Waals surface area contributed by atoms with Gasteiger partial charge < -0.3 is 14.8 Å². The zero-order chi connectivity index (χ0) is 18.2. The fourth-order valence-corrected chi connectivity index (χ4v) is 5.94. The van der Waals surface area contributed by atoms with Gasteiger partial charge in [0.15, 0.2) is 5.60 Å². The number of nitrogens with zero attached hydrogens (tertiary/aromatic N) is 1. The van der Waals surface area contributed by atoms with Crippen molar-refractivity contribution in [2.45, 2.75) is 42.4 Å². The number of hydrogen-bond donors (Lipinski definition) is 1. The Morgan fingerprint density at radius 1 is 1.38 bits per heavy atom. The van der Waals surface area contributed by atoms with Crippen molar-refractivity contribution in [3.05, 3.63) is 42.5 Å². The SMILES string of the molecule is C=C[C@@]12CC[C@@]34[C@@H](C1)C(=O)O[C@]3(CCN2)c1ccccc1N4C(=O)OC. The Hall–Kier alpha value is -2.34. The van der Waals surface area contributed by atoms with Crippen molar-refractivity contribution in [3.63, 3.8) is 0 Å². The molecule has 1 spiro atoms. The predicted octanol–water partition coefficient (Wildman–Crippen LogP) is 2.48. The van der Waals surface area contributed by atoms with E-state index in [4.69, 9.17) is 9.47 Å². The first kappa shape index (κ1) is 15.9. The van der Waals surface area contributed by atoms with Gasteiger partial charge >= 0.3 is 12.1 Å². The van der Waals surface area contributed by atoms with E-state index in [1.165, 1.54) is 7.11 Å². The number of esters is 1. The zero-order valence-electron chi connectivity index (χ0n) is 14.8. The molecule has 6 heteroatoms. The van der Waals surface area contributed by atoms with Gasteiger partial charge in [0, 0.05) is 24.1 Å². The number of nitrogens with one attached hydrogen (secondary N) is 1. The normalized spacial score (nSPS) is 39.5. The lowest BCUT2D eigenvalue weighted by Gasteiger charge is -2.54. The van der Waals surface area contributed by atoms with E-state index in [2.05, 4.69) is 11.9 Å². The molecule has 1 aliphatic carbocycles. The molecule has 0 radical (unpaired) electrons. The lowest BCUT2D eigenvalue weighted by atomic mass is 9.58. The van der Waals surface area contributed by atoms with Crippen LogP contribution < -0.4 is 10.2 Å². The van der Waals surface area contributed by atoms with Crippen LogP contribution in [0.5, 0.6) is 0 Å². The fourth-order valence-electron chi connectivity index (χ4n) is 5.94. The highest BCUT2D eigenvalue weighted by atomic mass is 16.6. The molecule has 0 aromatic heterocycles. The molecule has 26 heavy (non-hydrogen) atoms. The van der Waals surface area contributed by atoms with Gasteiger partial charge in [0.05, 0.1) is 18.7 Å². The first-order valence-electron chi connectivity index (χ1n) is 9.13. The number of methoxy groups -OCH3 is 1. The summed E-state index contributed by atoms with van der Waals surface area (Å²) in [7, 11) is 1.39. The minimum absolute atomic E-state index is 0.219. The van der Waals surface area contributed by atoms with Gasteiger partial charge in [-0.1, -0.05) is 24.3 Å². The third-order valence-corrected chi connectivity index (χ3v) is 7.04. The lowest BCUT2D eigenvalue weighted by Crippen LogP contribution is -2.68. The van der Waals surface area contributed by atoms with Crippen LogP contribution in [-0.2, 0) is 19.9 Å². The average Bonchev–Trinajstić information content (AvgIpc) is 3.03. The second-order valence-electron chi connectivity index (χ2n) is 7.79. The molecule has 5 aliphatic rings. The summed E-state index contributed by atoms with van der Waals surface area (Å²) in [6.07, 6.45) is 4.15. The van der Waals surface area contributed by atoms with Gasteiger partial charge in [-0.15, -0.1) is 6.58 Å².